The smallest absolute Gasteiger partial charge is 0.247 e. The molecule has 0 spiro atoms. The van der Waals surface area contributed by atoms with Gasteiger partial charge in [-0.15, -0.1) is 0 Å². The first-order valence-electron chi connectivity index (χ1n) is 4.87. The van der Waals surface area contributed by atoms with Crippen molar-refractivity contribution in [3.63, 3.8) is 0 Å². The largest absolute Gasteiger partial charge is 0.366 e. The van der Waals surface area contributed by atoms with Gasteiger partial charge in [-0.1, -0.05) is 24.8 Å². The van der Waals surface area contributed by atoms with Gasteiger partial charge in [-0.2, -0.15) is 0 Å². The maximum absolute atomic E-state index is 11.3. The van der Waals surface area contributed by atoms with Gasteiger partial charge in [0.05, 0.1) is 6.17 Å². The minimum atomic E-state index is -0.133. The zero-order valence-electron chi connectivity index (χ0n) is 9.08. The molecule has 1 atom stereocenters. The third-order valence-electron chi connectivity index (χ3n) is 1.89. The summed E-state index contributed by atoms with van der Waals surface area (Å²) in [4.78, 5) is 11.3. The number of hydrogen-bond acceptors (Lipinski definition) is 2. The fraction of sp³-hybridized carbons (Fsp3) is 0.250. The molecule has 0 fully saturated rings. The second-order valence-electron chi connectivity index (χ2n) is 3.49. The molecular weight excluding hydrogens is 188 g/mol. The molecule has 0 aliphatic rings. The van der Waals surface area contributed by atoms with E-state index in [4.69, 9.17) is 0 Å². The van der Waals surface area contributed by atoms with E-state index >= 15 is 0 Å². The molecule has 0 aliphatic heterocycles. The number of anilines is 1. The number of para-hydroxylation sites is 1. The van der Waals surface area contributed by atoms with Crippen LogP contribution >= 0.6 is 0 Å². The van der Waals surface area contributed by atoms with Crippen molar-refractivity contribution >= 4 is 11.6 Å². The van der Waals surface area contributed by atoms with Crippen molar-refractivity contribution in [2.75, 3.05) is 5.32 Å². The lowest BCUT2D eigenvalue weighted by molar-refractivity contribution is -0.117. The molecule has 0 aromatic heterocycles. The summed E-state index contributed by atoms with van der Waals surface area (Å²) in [6.45, 7) is 7.14. The van der Waals surface area contributed by atoms with Crippen LogP contribution in [0.4, 0.5) is 5.69 Å². The van der Waals surface area contributed by atoms with Crippen molar-refractivity contribution in [2.45, 2.75) is 20.0 Å². The van der Waals surface area contributed by atoms with E-state index in [1.807, 2.05) is 37.3 Å². The summed E-state index contributed by atoms with van der Waals surface area (Å²) in [7, 11) is 0. The van der Waals surface area contributed by atoms with Crippen molar-refractivity contribution < 1.29 is 4.79 Å². The summed E-state index contributed by atoms with van der Waals surface area (Å²) in [5.41, 5.74) is 1.49. The number of nitrogens with one attached hydrogen (secondary N) is 2. The maximum atomic E-state index is 11.3. The maximum Gasteiger partial charge on any atom is 0.247 e. The van der Waals surface area contributed by atoms with Gasteiger partial charge in [0, 0.05) is 11.3 Å². The Bertz CT molecular complexity index is 346. The molecule has 1 amide bonds. The Morgan fingerprint density at radius 1 is 1.33 bits per heavy atom. The van der Waals surface area contributed by atoms with Crippen molar-refractivity contribution in [3.8, 4) is 0 Å². The topological polar surface area (TPSA) is 41.1 Å². The standard InChI is InChI=1S/C12H16N2O/c1-9(2)12(15)14-10(3)13-11-7-5-4-6-8-11/h4-8,10,13H,1H2,2-3H3,(H,14,15). The first-order chi connectivity index (χ1) is 7.09. The van der Waals surface area contributed by atoms with Crippen LogP contribution in [0.3, 0.4) is 0 Å². The lowest BCUT2D eigenvalue weighted by atomic mass is 10.3. The van der Waals surface area contributed by atoms with Crippen LogP contribution in [0.1, 0.15) is 13.8 Å². The van der Waals surface area contributed by atoms with Crippen LogP contribution in [0.5, 0.6) is 0 Å². The van der Waals surface area contributed by atoms with E-state index in [0.717, 1.165) is 5.69 Å². The first kappa shape index (κ1) is 11.3. The zero-order chi connectivity index (χ0) is 11.3. The van der Waals surface area contributed by atoms with Gasteiger partial charge in [-0.05, 0) is 26.0 Å². The molecule has 0 aliphatic carbocycles. The molecule has 0 saturated heterocycles. The Morgan fingerprint density at radius 3 is 2.47 bits per heavy atom. The molecule has 15 heavy (non-hydrogen) atoms. The highest BCUT2D eigenvalue weighted by atomic mass is 16.1. The predicted octanol–water partition coefficient (Wildman–Crippen LogP) is 2.14. The molecule has 80 valence electrons. The van der Waals surface area contributed by atoms with E-state index in [9.17, 15) is 4.79 Å². The van der Waals surface area contributed by atoms with Crippen molar-refractivity contribution in [3.05, 3.63) is 42.5 Å². The third kappa shape index (κ3) is 3.85. The Hall–Kier alpha value is -1.77. The molecule has 0 bridgehead atoms. The van der Waals surface area contributed by atoms with Crippen LogP contribution in [0.15, 0.2) is 42.5 Å². The monoisotopic (exact) mass is 204 g/mol. The number of amides is 1. The highest BCUT2D eigenvalue weighted by Crippen LogP contribution is 2.05. The number of hydrogen-bond donors (Lipinski definition) is 2. The fourth-order valence-electron chi connectivity index (χ4n) is 1.14. The lowest BCUT2D eigenvalue weighted by Crippen LogP contribution is -2.38. The van der Waals surface area contributed by atoms with Gasteiger partial charge in [0.15, 0.2) is 0 Å². The van der Waals surface area contributed by atoms with Gasteiger partial charge in [0.25, 0.3) is 0 Å². The summed E-state index contributed by atoms with van der Waals surface area (Å²) >= 11 is 0. The molecule has 3 nitrogen and oxygen atoms in total. The Balaban J connectivity index is 2.46. The summed E-state index contributed by atoms with van der Waals surface area (Å²) in [5, 5.41) is 5.93. The van der Waals surface area contributed by atoms with E-state index < -0.39 is 0 Å². The molecule has 0 heterocycles. The molecular formula is C12H16N2O. The van der Waals surface area contributed by atoms with E-state index in [0.29, 0.717) is 5.57 Å². The summed E-state index contributed by atoms with van der Waals surface area (Å²) in [6, 6.07) is 9.72. The number of benzene rings is 1. The summed E-state index contributed by atoms with van der Waals surface area (Å²) in [6.07, 6.45) is -0.114. The molecule has 0 radical (unpaired) electrons. The third-order valence-corrected chi connectivity index (χ3v) is 1.89. The quantitative estimate of drug-likeness (QED) is 0.582. The minimum Gasteiger partial charge on any atom is -0.366 e. The lowest BCUT2D eigenvalue weighted by Gasteiger charge is -2.16. The van der Waals surface area contributed by atoms with Crippen LogP contribution in [0, 0.1) is 0 Å². The summed E-state index contributed by atoms with van der Waals surface area (Å²) < 4.78 is 0. The minimum absolute atomic E-state index is 0.114. The van der Waals surface area contributed by atoms with Crippen LogP contribution < -0.4 is 10.6 Å². The average molecular weight is 204 g/mol. The Labute approximate surface area is 90.2 Å². The van der Waals surface area contributed by atoms with E-state index in [2.05, 4.69) is 17.2 Å². The highest BCUT2D eigenvalue weighted by Gasteiger charge is 2.06. The zero-order valence-corrected chi connectivity index (χ0v) is 9.08. The molecule has 1 aromatic rings. The van der Waals surface area contributed by atoms with Crippen molar-refractivity contribution in [1.29, 1.82) is 0 Å². The van der Waals surface area contributed by atoms with E-state index in [1.54, 1.807) is 6.92 Å². The summed E-state index contributed by atoms with van der Waals surface area (Å²) in [5.74, 6) is -0.133. The average Bonchev–Trinajstić information content (AvgIpc) is 2.18. The number of carbonyl (C=O) groups is 1. The predicted molar refractivity (Wildman–Crippen MR) is 62.5 cm³/mol. The molecule has 0 saturated carbocycles. The fourth-order valence-corrected chi connectivity index (χ4v) is 1.14. The molecule has 1 aromatic carbocycles. The Morgan fingerprint density at radius 2 is 1.93 bits per heavy atom. The highest BCUT2D eigenvalue weighted by molar-refractivity contribution is 5.92. The molecule has 1 unspecified atom stereocenters. The first-order valence-corrected chi connectivity index (χ1v) is 4.87. The SMILES string of the molecule is C=C(C)C(=O)NC(C)Nc1ccccc1. The van der Waals surface area contributed by atoms with Gasteiger partial charge in [-0.3, -0.25) is 4.79 Å². The van der Waals surface area contributed by atoms with Crippen LogP contribution in [-0.4, -0.2) is 12.1 Å². The van der Waals surface area contributed by atoms with Crippen LogP contribution in [0.2, 0.25) is 0 Å². The van der Waals surface area contributed by atoms with Crippen LogP contribution in [0.25, 0.3) is 0 Å². The van der Waals surface area contributed by atoms with Crippen LogP contribution in [-0.2, 0) is 4.79 Å². The van der Waals surface area contributed by atoms with Crippen molar-refractivity contribution in [1.82, 2.24) is 5.32 Å². The van der Waals surface area contributed by atoms with E-state index in [-0.39, 0.29) is 12.1 Å². The second-order valence-corrected chi connectivity index (χ2v) is 3.49. The molecule has 3 heteroatoms. The normalized spacial score (nSPS) is 11.6. The van der Waals surface area contributed by atoms with Gasteiger partial charge >= 0.3 is 0 Å². The Kier molecular flexibility index (Phi) is 3.92. The molecule has 1 rings (SSSR count). The molecule has 2 N–H and O–H groups in total. The van der Waals surface area contributed by atoms with Gasteiger partial charge < -0.3 is 10.6 Å². The van der Waals surface area contributed by atoms with E-state index in [1.165, 1.54) is 0 Å². The van der Waals surface area contributed by atoms with Gasteiger partial charge in [0.1, 0.15) is 0 Å². The number of carbonyl (C=O) groups excluding carboxylic acids is 1. The van der Waals surface area contributed by atoms with Gasteiger partial charge in [-0.25, -0.2) is 0 Å². The number of rotatable bonds is 4. The van der Waals surface area contributed by atoms with Crippen molar-refractivity contribution in [2.24, 2.45) is 0 Å². The van der Waals surface area contributed by atoms with Gasteiger partial charge in [0.2, 0.25) is 5.91 Å². The second kappa shape index (κ2) is 5.20.